The van der Waals surface area contributed by atoms with Gasteiger partial charge in [-0.25, -0.2) is 4.68 Å². The highest BCUT2D eigenvalue weighted by Crippen LogP contribution is 2.17. The Hall–Kier alpha value is -1.66. The van der Waals surface area contributed by atoms with Crippen LogP contribution in [-0.2, 0) is 0 Å². The number of hydrogen-bond acceptors (Lipinski definition) is 3. The average Bonchev–Trinajstić information content (AvgIpc) is 3.10. The molecular formula is C20H27BrN4O. The van der Waals surface area contributed by atoms with E-state index < -0.39 is 0 Å². The number of nitrogens with one attached hydrogen (secondary N) is 1. The summed E-state index contributed by atoms with van der Waals surface area (Å²) in [5.41, 5.74) is 1.38. The Labute approximate surface area is 163 Å². The van der Waals surface area contributed by atoms with Crippen LogP contribution >= 0.6 is 15.9 Å². The highest BCUT2D eigenvalue weighted by Gasteiger charge is 2.21. The number of amides is 1. The Morgan fingerprint density at radius 1 is 1.38 bits per heavy atom. The van der Waals surface area contributed by atoms with Crippen molar-refractivity contribution in [1.29, 1.82) is 0 Å². The lowest BCUT2D eigenvalue weighted by Gasteiger charge is -2.33. The van der Waals surface area contributed by atoms with E-state index in [0.29, 0.717) is 17.5 Å². The van der Waals surface area contributed by atoms with Crippen LogP contribution in [0.25, 0.3) is 5.69 Å². The molecule has 1 unspecified atom stereocenters. The number of benzene rings is 1. The quantitative estimate of drug-likeness (QED) is 0.777. The van der Waals surface area contributed by atoms with Crippen LogP contribution in [0.3, 0.4) is 0 Å². The highest BCUT2D eigenvalue weighted by atomic mass is 79.9. The van der Waals surface area contributed by atoms with Crippen molar-refractivity contribution in [2.24, 2.45) is 11.8 Å². The van der Waals surface area contributed by atoms with Crippen LogP contribution in [0.1, 0.15) is 37.2 Å². The van der Waals surface area contributed by atoms with Crippen molar-refractivity contribution in [2.75, 3.05) is 26.2 Å². The van der Waals surface area contributed by atoms with Gasteiger partial charge < -0.3 is 10.2 Å². The van der Waals surface area contributed by atoms with Crippen molar-refractivity contribution >= 4 is 21.8 Å². The second kappa shape index (κ2) is 8.82. The van der Waals surface area contributed by atoms with Crippen molar-refractivity contribution in [1.82, 2.24) is 20.0 Å². The zero-order valence-corrected chi connectivity index (χ0v) is 17.1. The predicted octanol–water partition coefficient (Wildman–Crippen LogP) is 3.73. The predicted molar refractivity (Wildman–Crippen MR) is 108 cm³/mol. The minimum atomic E-state index is -0.0975. The van der Waals surface area contributed by atoms with Crippen LogP contribution in [0.2, 0.25) is 0 Å². The number of nitrogens with zero attached hydrogens (tertiary/aromatic N) is 3. The summed E-state index contributed by atoms with van der Waals surface area (Å²) in [6.45, 7) is 8.63. The van der Waals surface area contributed by atoms with Crippen molar-refractivity contribution in [2.45, 2.75) is 26.7 Å². The maximum atomic E-state index is 12.4. The Bertz CT molecular complexity index is 743. The molecule has 1 N–H and O–H groups in total. The SMILES string of the molecule is CC(C)CN1CCCC(CNC(=O)c2ccn(-c3cccc(Br)c3)n2)C1. The minimum absolute atomic E-state index is 0.0975. The fourth-order valence-corrected chi connectivity index (χ4v) is 3.92. The van der Waals surface area contributed by atoms with Gasteiger partial charge in [0.05, 0.1) is 5.69 Å². The summed E-state index contributed by atoms with van der Waals surface area (Å²) in [6, 6.07) is 9.62. The molecule has 1 fully saturated rings. The second-order valence-electron chi connectivity index (χ2n) is 7.50. The van der Waals surface area contributed by atoms with Crippen LogP contribution in [0, 0.1) is 11.8 Å². The third-order valence-corrected chi connectivity index (χ3v) is 5.17. The molecule has 1 aliphatic heterocycles. The molecule has 1 aliphatic rings. The fraction of sp³-hybridized carbons (Fsp3) is 0.500. The summed E-state index contributed by atoms with van der Waals surface area (Å²) in [4.78, 5) is 15.0. The number of likely N-dealkylation sites (tertiary alicyclic amines) is 1. The largest absolute Gasteiger partial charge is 0.350 e. The molecule has 1 aromatic heterocycles. The van der Waals surface area contributed by atoms with Crippen LogP contribution in [0.5, 0.6) is 0 Å². The molecular weight excluding hydrogens is 392 g/mol. The second-order valence-corrected chi connectivity index (χ2v) is 8.41. The number of halogens is 1. The summed E-state index contributed by atoms with van der Waals surface area (Å²) >= 11 is 3.46. The van der Waals surface area contributed by atoms with Gasteiger partial charge >= 0.3 is 0 Å². The average molecular weight is 419 g/mol. The molecule has 3 rings (SSSR count). The van der Waals surface area contributed by atoms with Gasteiger partial charge in [-0.1, -0.05) is 35.8 Å². The molecule has 1 saturated heterocycles. The topological polar surface area (TPSA) is 50.2 Å². The van der Waals surface area contributed by atoms with Gasteiger partial charge in [0.25, 0.3) is 5.91 Å². The zero-order valence-electron chi connectivity index (χ0n) is 15.5. The molecule has 0 aliphatic carbocycles. The summed E-state index contributed by atoms with van der Waals surface area (Å²) in [7, 11) is 0. The summed E-state index contributed by atoms with van der Waals surface area (Å²) in [5, 5.41) is 7.48. The van der Waals surface area contributed by atoms with Crippen molar-refractivity contribution in [3.05, 3.63) is 46.7 Å². The molecule has 140 valence electrons. The third kappa shape index (κ3) is 5.17. The van der Waals surface area contributed by atoms with E-state index in [-0.39, 0.29) is 5.91 Å². The number of rotatable bonds is 6. The summed E-state index contributed by atoms with van der Waals surface area (Å²) in [5.74, 6) is 1.11. The van der Waals surface area contributed by atoms with E-state index in [1.165, 1.54) is 19.4 Å². The lowest BCUT2D eigenvalue weighted by molar-refractivity contribution is 0.0924. The highest BCUT2D eigenvalue weighted by molar-refractivity contribution is 9.10. The van der Waals surface area contributed by atoms with Crippen LogP contribution in [0.15, 0.2) is 41.0 Å². The van der Waals surface area contributed by atoms with E-state index in [1.807, 2.05) is 30.5 Å². The molecule has 5 nitrogen and oxygen atoms in total. The first-order valence-corrected chi connectivity index (χ1v) is 10.1. The number of aromatic nitrogens is 2. The molecule has 1 aromatic carbocycles. The van der Waals surface area contributed by atoms with Crippen LogP contribution in [-0.4, -0.2) is 46.8 Å². The molecule has 1 amide bonds. The van der Waals surface area contributed by atoms with E-state index in [1.54, 1.807) is 10.7 Å². The van der Waals surface area contributed by atoms with Gasteiger partial charge in [0.1, 0.15) is 0 Å². The standard InChI is InChI=1S/C20H27BrN4O/c1-15(2)13-24-9-4-5-16(14-24)12-22-20(26)19-8-10-25(23-19)18-7-3-6-17(21)11-18/h3,6-8,10-11,15-16H,4-5,9,12-14H2,1-2H3,(H,22,26). The molecule has 0 saturated carbocycles. The third-order valence-electron chi connectivity index (χ3n) is 4.67. The molecule has 0 bridgehead atoms. The lowest BCUT2D eigenvalue weighted by Crippen LogP contribution is -2.42. The maximum Gasteiger partial charge on any atom is 0.271 e. The smallest absolute Gasteiger partial charge is 0.271 e. The van der Waals surface area contributed by atoms with Gasteiger partial charge in [-0.3, -0.25) is 4.79 Å². The monoisotopic (exact) mass is 418 g/mol. The van der Waals surface area contributed by atoms with Gasteiger partial charge in [0.15, 0.2) is 5.69 Å². The number of piperidine rings is 1. The van der Waals surface area contributed by atoms with Crippen molar-refractivity contribution in [3.8, 4) is 5.69 Å². The Morgan fingerprint density at radius 3 is 3.00 bits per heavy atom. The Morgan fingerprint density at radius 2 is 2.23 bits per heavy atom. The normalized spacial score (nSPS) is 18.2. The molecule has 2 heterocycles. The van der Waals surface area contributed by atoms with E-state index in [4.69, 9.17) is 0 Å². The number of carbonyl (C=O) groups is 1. The summed E-state index contributed by atoms with van der Waals surface area (Å²) < 4.78 is 2.71. The molecule has 26 heavy (non-hydrogen) atoms. The van der Waals surface area contributed by atoms with Gasteiger partial charge in [-0.05, 0) is 55.5 Å². The molecule has 2 aromatic rings. The van der Waals surface area contributed by atoms with Crippen LogP contribution < -0.4 is 5.32 Å². The molecule has 1 atom stereocenters. The first kappa shape index (κ1) is 19.1. The molecule has 0 radical (unpaired) electrons. The van der Waals surface area contributed by atoms with E-state index in [2.05, 4.69) is 45.1 Å². The lowest BCUT2D eigenvalue weighted by atomic mass is 9.97. The zero-order chi connectivity index (χ0) is 18.5. The van der Waals surface area contributed by atoms with E-state index in [0.717, 1.165) is 29.8 Å². The minimum Gasteiger partial charge on any atom is -0.350 e. The van der Waals surface area contributed by atoms with E-state index in [9.17, 15) is 4.79 Å². The molecule has 6 heteroatoms. The van der Waals surface area contributed by atoms with Crippen molar-refractivity contribution < 1.29 is 4.79 Å². The Balaban J connectivity index is 1.54. The van der Waals surface area contributed by atoms with Gasteiger partial charge in [0.2, 0.25) is 0 Å². The maximum absolute atomic E-state index is 12.4. The van der Waals surface area contributed by atoms with Crippen LogP contribution in [0.4, 0.5) is 0 Å². The fourth-order valence-electron chi connectivity index (χ4n) is 3.54. The first-order valence-electron chi connectivity index (χ1n) is 9.33. The van der Waals surface area contributed by atoms with Gasteiger partial charge in [-0.2, -0.15) is 5.10 Å². The number of hydrogen-bond donors (Lipinski definition) is 1. The van der Waals surface area contributed by atoms with Gasteiger partial charge in [-0.15, -0.1) is 0 Å². The van der Waals surface area contributed by atoms with Crippen molar-refractivity contribution in [3.63, 3.8) is 0 Å². The van der Waals surface area contributed by atoms with Gasteiger partial charge in [0, 0.05) is 30.3 Å². The Kier molecular flexibility index (Phi) is 6.48. The first-order chi connectivity index (χ1) is 12.5. The molecule has 0 spiro atoms. The van der Waals surface area contributed by atoms with E-state index >= 15 is 0 Å². The summed E-state index contributed by atoms with van der Waals surface area (Å²) in [6.07, 6.45) is 4.22. The number of carbonyl (C=O) groups excluding carboxylic acids is 1.